The monoisotopic (exact) mass is 820 g/mol. The summed E-state index contributed by atoms with van der Waals surface area (Å²) in [4.78, 5) is 12.6. The maximum Gasteiger partial charge on any atom is 0.249 e. The van der Waals surface area contributed by atoms with Crippen LogP contribution in [0.15, 0.2) is 24.3 Å². The molecule has 4 unspecified atom stereocenters. The third-order valence-corrected chi connectivity index (χ3v) is 12.1. The first kappa shape index (κ1) is 56.8. The highest BCUT2D eigenvalue weighted by Gasteiger charge is 2.28. The molecule has 0 aromatic heterocycles. The molecule has 344 valence electrons. The number of allylic oxidation sites excluding steroid dienone is 4. The van der Waals surface area contributed by atoms with Gasteiger partial charge < -0.3 is 25.7 Å². The highest BCUT2D eigenvalue weighted by molar-refractivity contribution is 5.80. The van der Waals surface area contributed by atoms with Crippen molar-refractivity contribution in [3.8, 4) is 0 Å². The lowest BCUT2D eigenvalue weighted by Crippen LogP contribution is -2.53. The van der Waals surface area contributed by atoms with Gasteiger partial charge >= 0.3 is 0 Å². The summed E-state index contributed by atoms with van der Waals surface area (Å²) in [6.07, 6.45) is 55.2. The van der Waals surface area contributed by atoms with E-state index in [0.29, 0.717) is 19.3 Å². The zero-order chi connectivity index (χ0) is 42.4. The molecule has 0 spiro atoms. The summed E-state index contributed by atoms with van der Waals surface area (Å²) in [5.74, 6) is -0.593. The molecule has 0 aliphatic heterocycles. The first-order chi connectivity index (χ1) is 28.5. The predicted molar refractivity (Wildman–Crippen MR) is 251 cm³/mol. The second kappa shape index (κ2) is 46.8. The molecule has 1 amide bonds. The van der Waals surface area contributed by atoms with Crippen molar-refractivity contribution in [2.75, 3.05) is 6.61 Å². The van der Waals surface area contributed by atoms with E-state index in [1.165, 1.54) is 199 Å². The van der Waals surface area contributed by atoms with Crippen LogP contribution < -0.4 is 5.32 Å². The number of hydrogen-bond donors (Lipinski definition) is 5. The highest BCUT2D eigenvalue weighted by Crippen LogP contribution is 2.17. The Morgan fingerprint density at radius 3 is 1.09 bits per heavy atom. The van der Waals surface area contributed by atoms with Crippen LogP contribution in [0.4, 0.5) is 0 Å². The molecule has 0 aliphatic carbocycles. The molecular weight excluding hydrogens is 719 g/mol. The molecule has 0 bridgehead atoms. The molecule has 58 heavy (non-hydrogen) atoms. The third-order valence-electron chi connectivity index (χ3n) is 12.1. The van der Waals surface area contributed by atoms with Crippen molar-refractivity contribution in [3.05, 3.63) is 24.3 Å². The van der Waals surface area contributed by atoms with E-state index in [-0.39, 0.29) is 0 Å². The molecule has 0 rings (SSSR count). The van der Waals surface area contributed by atoms with Gasteiger partial charge in [0.1, 0.15) is 12.2 Å². The Labute approximate surface area is 361 Å². The SMILES string of the molecule is CCCCCCCCCC/C=C/CC/C=C/CCCC(O)C(O)C(CO)NC(=O)C(O)CCCCCCCCCCCCCCCCCCCCCCCCCCC. The Morgan fingerprint density at radius 2 is 0.724 bits per heavy atom. The number of aliphatic hydroxyl groups excluding tert-OH is 4. The van der Waals surface area contributed by atoms with Gasteiger partial charge in [-0.05, 0) is 51.4 Å². The average Bonchev–Trinajstić information content (AvgIpc) is 3.23. The maximum atomic E-state index is 12.6. The minimum atomic E-state index is -1.29. The van der Waals surface area contributed by atoms with Gasteiger partial charge in [0.25, 0.3) is 0 Å². The number of rotatable bonds is 47. The summed E-state index contributed by atoms with van der Waals surface area (Å²) < 4.78 is 0. The van der Waals surface area contributed by atoms with Crippen LogP contribution in [0.5, 0.6) is 0 Å². The van der Waals surface area contributed by atoms with Crippen LogP contribution in [0.25, 0.3) is 0 Å². The molecule has 0 radical (unpaired) electrons. The van der Waals surface area contributed by atoms with Gasteiger partial charge in [0.2, 0.25) is 5.91 Å². The van der Waals surface area contributed by atoms with Crippen LogP contribution in [0.2, 0.25) is 0 Å². The largest absolute Gasteiger partial charge is 0.394 e. The standard InChI is InChI=1S/C52H101NO5/c1-3-5-7-9-11-13-15-17-19-21-22-23-24-25-26-27-28-30-32-34-36-38-40-42-44-46-50(56)52(58)53-48(47-54)51(57)49(55)45-43-41-39-37-35-33-31-29-20-18-16-14-12-10-8-6-4-2/h29,31,37,39,48-51,54-57H,3-28,30,32-36,38,40-47H2,1-2H3,(H,53,58)/b31-29+,39-37+. The molecule has 0 aromatic rings. The van der Waals surface area contributed by atoms with Crippen molar-refractivity contribution in [1.82, 2.24) is 5.32 Å². The van der Waals surface area contributed by atoms with Crippen LogP contribution in [0.1, 0.15) is 271 Å². The lowest BCUT2D eigenvalue weighted by molar-refractivity contribution is -0.132. The van der Waals surface area contributed by atoms with E-state index in [4.69, 9.17) is 0 Å². The number of carbonyl (C=O) groups excluding carboxylic acids is 1. The first-order valence-electron chi connectivity index (χ1n) is 25.7. The van der Waals surface area contributed by atoms with Crippen LogP contribution in [0.3, 0.4) is 0 Å². The summed E-state index contributed by atoms with van der Waals surface area (Å²) in [6.45, 7) is 4.06. The number of unbranched alkanes of at least 4 members (excludes halogenated alkanes) is 34. The molecule has 0 saturated carbocycles. The van der Waals surface area contributed by atoms with Crippen LogP contribution in [0, 0.1) is 0 Å². The second-order valence-electron chi connectivity index (χ2n) is 17.9. The van der Waals surface area contributed by atoms with Crippen LogP contribution in [-0.2, 0) is 4.79 Å². The van der Waals surface area contributed by atoms with E-state index in [2.05, 4.69) is 43.5 Å². The third kappa shape index (κ3) is 40.2. The normalized spacial score (nSPS) is 14.1. The molecule has 0 heterocycles. The molecule has 0 fully saturated rings. The molecule has 0 saturated heterocycles. The Hall–Kier alpha value is -1.21. The summed E-state index contributed by atoms with van der Waals surface area (Å²) in [5.41, 5.74) is 0. The summed E-state index contributed by atoms with van der Waals surface area (Å²) in [5, 5.41) is 43.8. The van der Waals surface area contributed by atoms with E-state index in [1.54, 1.807) is 0 Å². The quantitative estimate of drug-likeness (QED) is 0.0310. The van der Waals surface area contributed by atoms with Crippen molar-refractivity contribution >= 4 is 5.91 Å². The topological polar surface area (TPSA) is 110 Å². The smallest absolute Gasteiger partial charge is 0.249 e. The van der Waals surface area contributed by atoms with Crippen molar-refractivity contribution in [2.24, 2.45) is 0 Å². The Morgan fingerprint density at radius 1 is 0.414 bits per heavy atom. The molecule has 0 aliphatic rings. The zero-order valence-corrected chi connectivity index (χ0v) is 38.8. The van der Waals surface area contributed by atoms with E-state index in [1.807, 2.05) is 0 Å². The van der Waals surface area contributed by atoms with Crippen molar-refractivity contribution in [1.29, 1.82) is 0 Å². The summed E-state index contributed by atoms with van der Waals surface area (Å²) in [7, 11) is 0. The molecule has 4 atom stereocenters. The number of hydrogen-bond acceptors (Lipinski definition) is 5. The van der Waals surface area contributed by atoms with E-state index < -0.39 is 36.9 Å². The van der Waals surface area contributed by atoms with Gasteiger partial charge in [0.05, 0.1) is 18.8 Å². The van der Waals surface area contributed by atoms with Gasteiger partial charge in [-0.3, -0.25) is 4.79 Å². The van der Waals surface area contributed by atoms with Gasteiger partial charge in [-0.2, -0.15) is 0 Å². The van der Waals surface area contributed by atoms with Gasteiger partial charge in [-0.25, -0.2) is 0 Å². The van der Waals surface area contributed by atoms with Gasteiger partial charge in [-0.1, -0.05) is 244 Å². The summed E-state index contributed by atoms with van der Waals surface area (Å²) in [6, 6.07) is -1.01. The van der Waals surface area contributed by atoms with Gasteiger partial charge in [-0.15, -0.1) is 0 Å². The van der Waals surface area contributed by atoms with Crippen molar-refractivity contribution < 1.29 is 25.2 Å². The molecule has 6 heteroatoms. The van der Waals surface area contributed by atoms with Crippen molar-refractivity contribution in [2.45, 2.75) is 295 Å². The predicted octanol–water partition coefficient (Wildman–Crippen LogP) is 14.3. The molecule has 5 N–H and O–H groups in total. The highest BCUT2D eigenvalue weighted by atomic mass is 16.3. The Bertz CT molecular complexity index is 878. The Kier molecular flexibility index (Phi) is 45.9. The van der Waals surface area contributed by atoms with Gasteiger partial charge in [0.15, 0.2) is 0 Å². The first-order valence-corrected chi connectivity index (χ1v) is 25.7. The average molecular weight is 820 g/mol. The fourth-order valence-corrected chi connectivity index (χ4v) is 8.07. The number of nitrogens with one attached hydrogen (secondary N) is 1. The lowest BCUT2D eigenvalue weighted by atomic mass is 10.00. The lowest BCUT2D eigenvalue weighted by Gasteiger charge is -2.27. The fraction of sp³-hybridized carbons (Fsp3) is 0.904. The van der Waals surface area contributed by atoms with Crippen LogP contribution >= 0.6 is 0 Å². The second-order valence-corrected chi connectivity index (χ2v) is 17.9. The van der Waals surface area contributed by atoms with Crippen LogP contribution in [-0.4, -0.2) is 57.3 Å². The maximum absolute atomic E-state index is 12.6. The van der Waals surface area contributed by atoms with E-state index in [0.717, 1.165) is 38.5 Å². The molecule has 0 aromatic carbocycles. The molecular formula is C52H101NO5. The van der Waals surface area contributed by atoms with Crippen molar-refractivity contribution in [3.63, 3.8) is 0 Å². The zero-order valence-electron chi connectivity index (χ0n) is 38.8. The van der Waals surface area contributed by atoms with E-state index >= 15 is 0 Å². The van der Waals surface area contributed by atoms with E-state index in [9.17, 15) is 25.2 Å². The number of amides is 1. The fourth-order valence-electron chi connectivity index (χ4n) is 8.07. The van der Waals surface area contributed by atoms with Gasteiger partial charge in [0, 0.05) is 0 Å². The molecule has 6 nitrogen and oxygen atoms in total. The summed E-state index contributed by atoms with van der Waals surface area (Å²) >= 11 is 0. The number of carbonyl (C=O) groups is 1. The minimum Gasteiger partial charge on any atom is -0.394 e. The minimum absolute atomic E-state index is 0.364. The number of aliphatic hydroxyl groups is 4. The Balaban J connectivity index is 3.67.